The van der Waals surface area contributed by atoms with E-state index in [1.807, 2.05) is 0 Å². The van der Waals surface area contributed by atoms with E-state index in [4.69, 9.17) is 5.73 Å². The van der Waals surface area contributed by atoms with Gasteiger partial charge in [0.05, 0.1) is 0 Å². The van der Waals surface area contributed by atoms with Crippen molar-refractivity contribution in [1.82, 2.24) is 24.5 Å². The second kappa shape index (κ2) is 4.83. The molecule has 2 aromatic heterocycles. The molecule has 0 saturated carbocycles. The molecule has 0 aromatic carbocycles. The summed E-state index contributed by atoms with van der Waals surface area (Å²) in [7, 11) is 0. The molecule has 0 aliphatic carbocycles. The van der Waals surface area contributed by atoms with E-state index >= 15 is 0 Å². The van der Waals surface area contributed by atoms with E-state index in [1.165, 1.54) is 0 Å². The van der Waals surface area contributed by atoms with Crippen LogP contribution in [0.4, 0.5) is 11.9 Å². The largest absolute Gasteiger partial charge is 0.368 e. The average Bonchev–Trinajstić information content (AvgIpc) is 2.93. The van der Waals surface area contributed by atoms with Gasteiger partial charge in [0.1, 0.15) is 6.33 Å². The molecule has 1 aliphatic rings. The lowest BCUT2D eigenvalue weighted by Gasteiger charge is -2.30. The molecule has 2 N–H and O–H groups in total. The highest BCUT2D eigenvalue weighted by Gasteiger charge is 2.19. The molecule has 1 fully saturated rings. The summed E-state index contributed by atoms with van der Waals surface area (Å²) in [6, 6.07) is 0. The summed E-state index contributed by atoms with van der Waals surface area (Å²) in [6.07, 6.45) is 7.44. The van der Waals surface area contributed by atoms with Gasteiger partial charge in [-0.05, 0) is 18.8 Å². The van der Waals surface area contributed by atoms with Gasteiger partial charge < -0.3 is 10.6 Å². The molecule has 1 aliphatic heterocycles. The minimum Gasteiger partial charge on any atom is -0.368 e. The van der Waals surface area contributed by atoms with Crippen molar-refractivity contribution in [3.8, 4) is 5.95 Å². The van der Waals surface area contributed by atoms with E-state index in [0.717, 1.165) is 31.8 Å². The van der Waals surface area contributed by atoms with Gasteiger partial charge in [-0.2, -0.15) is 15.0 Å². The van der Waals surface area contributed by atoms with Gasteiger partial charge in [-0.15, -0.1) is 0 Å². The normalized spacial score (nSPS) is 16.8. The van der Waals surface area contributed by atoms with E-state index in [0.29, 0.717) is 11.9 Å². The van der Waals surface area contributed by atoms with Gasteiger partial charge in [-0.1, -0.05) is 6.92 Å². The monoisotopic (exact) mass is 259 g/mol. The molecule has 0 unspecified atom stereocenters. The second-order valence-corrected chi connectivity index (χ2v) is 4.93. The molecule has 0 spiro atoms. The van der Waals surface area contributed by atoms with Crippen LogP contribution in [0.2, 0.25) is 0 Å². The number of aromatic nitrogens is 5. The Hall–Kier alpha value is -2.18. The third-order valence-corrected chi connectivity index (χ3v) is 3.43. The van der Waals surface area contributed by atoms with Crippen molar-refractivity contribution in [2.24, 2.45) is 5.92 Å². The summed E-state index contributed by atoms with van der Waals surface area (Å²) in [4.78, 5) is 19.0. The van der Waals surface area contributed by atoms with Crippen molar-refractivity contribution in [3.05, 3.63) is 18.7 Å². The van der Waals surface area contributed by atoms with Gasteiger partial charge in [-0.3, -0.25) is 4.57 Å². The Bertz CT molecular complexity index is 543. The van der Waals surface area contributed by atoms with Crippen LogP contribution >= 0.6 is 0 Å². The summed E-state index contributed by atoms with van der Waals surface area (Å²) < 4.78 is 1.73. The Morgan fingerprint density at radius 2 is 1.89 bits per heavy atom. The Balaban J connectivity index is 1.90. The minimum absolute atomic E-state index is 0.243. The van der Waals surface area contributed by atoms with E-state index in [9.17, 15) is 0 Å². The summed E-state index contributed by atoms with van der Waals surface area (Å²) >= 11 is 0. The highest BCUT2D eigenvalue weighted by atomic mass is 15.3. The van der Waals surface area contributed by atoms with E-state index in [2.05, 4.69) is 31.8 Å². The van der Waals surface area contributed by atoms with Crippen LogP contribution in [-0.4, -0.2) is 37.6 Å². The van der Waals surface area contributed by atoms with Crippen LogP contribution in [0.5, 0.6) is 0 Å². The fraction of sp³-hybridized carbons (Fsp3) is 0.500. The number of piperidine rings is 1. The number of anilines is 2. The molecule has 0 amide bonds. The first-order chi connectivity index (χ1) is 9.22. The lowest BCUT2D eigenvalue weighted by atomic mass is 10.00. The lowest BCUT2D eigenvalue weighted by molar-refractivity contribution is 0.434. The topological polar surface area (TPSA) is 85.8 Å². The van der Waals surface area contributed by atoms with Gasteiger partial charge in [-0.25, -0.2) is 4.98 Å². The fourth-order valence-electron chi connectivity index (χ4n) is 2.21. The van der Waals surface area contributed by atoms with Gasteiger partial charge in [0.15, 0.2) is 0 Å². The Morgan fingerprint density at radius 3 is 2.58 bits per heavy atom. The average molecular weight is 259 g/mol. The van der Waals surface area contributed by atoms with Crippen LogP contribution in [0.25, 0.3) is 5.95 Å². The van der Waals surface area contributed by atoms with Crippen LogP contribution < -0.4 is 10.6 Å². The molecule has 0 atom stereocenters. The molecule has 1 saturated heterocycles. The number of rotatable bonds is 2. The van der Waals surface area contributed by atoms with Crippen molar-refractivity contribution >= 4 is 11.9 Å². The van der Waals surface area contributed by atoms with Crippen molar-refractivity contribution in [1.29, 1.82) is 0 Å². The fourth-order valence-corrected chi connectivity index (χ4v) is 2.21. The molecule has 7 heteroatoms. The number of hydrogen-bond acceptors (Lipinski definition) is 6. The highest BCUT2D eigenvalue weighted by Crippen LogP contribution is 2.20. The van der Waals surface area contributed by atoms with Crippen LogP contribution in [0, 0.1) is 5.92 Å². The number of nitrogen functional groups attached to an aromatic ring is 1. The highest BCUT2D eigenvalue weighted by molar-refractivity contribution is 5.38. The zero-order valence-electron chi connectivity index (χ0n) is 10.9. The zero-order valence-corrected chi connectivity index (χ0v) is 10.9. The van der Waals surface area contributed by atoms with Gasteiger partial charge in [0, 0.05) is 25.5 Å². The second-order valence-electron chi connectivity index (χ2n) is 4.93. The van der Waals surface area contributed by atoms with E-state index < -0.39 is 0 Å². The Morgan fingerprint density at radius 1 is 1.16 bits per heavy atom. The maximum absolute atomic E-state index is 5.78. The third kappa shape index (κ3) is 2.49. The number of nitrogens with two attached hydrogens (primary N) is 1. The molecule has 7 nitrogen and oxygen atoms in total. The smallest absolute Gasteiger partial charge is 0.241 e. The molecule has 100 valence electrons. The number of imidazole rings is 1. The van der Waals surface area contributed by atoms with Crippen LogP contribution in [0.3, 0.4) is 0 Å². The number of hydrogen-bond donors (Lipinski definition) is 1. The zero-order chi connectivity index (χ0) is 13.2. The van der Waals surface area contributed by atoms with Crippen molar-refractivity contribution < 1.29 is 0 Å². The molecular weight excluding hydrogens is 242 g/mol. The first-order valence-corrected chi connectivity index (χ1v) is 6.47. The van der Waals surface area contributed by atoms with Crippen molar-refractivity contribution in [2.45, 2.75) is 19.8 Å². The van der Waals surface area contributed by atoms with Gasteiger partial charge in [0.2, 0.25) is 17.8 Å². The SMILES string of the molecule is CC1CCN(c2nc(N)nc(-n3ccnc3)n2)CC1. The summed E-state index contributed by atoms with van der Waals surface area (Å²) in [5.41, 5.74) is 5.78. The molecule has 3 heterocycles. The van der Waals surface area contributed by atoms with Crippen LogP contribution in [0.15, 0.2) is 18.7 Å². The molecule has 2 aromatic rings. The van der Waals surface area contributed by atoms with E-state index in [-0.39, 0.29) is 5.95 Å². The molecule has 3 rings (SSSR count). The molecule has 19 heavy (non-hydrogen) atoms. The summed E-state index contributed by atoms with van der Waals surface area (Å²) in [5.74, 6) is 2.18. The summed E-state index contributed by atoms with van der Waals surface area (Å²) in [6.45, 7) is 4.21. The van der Waals surface area contributed by atoms with Gasteiger partial charge >= 0.3 is 0 Å². The molecule has 0 bridgehead atoms. The Labute approximate surface area is 111 Å². The molecular formula is C12H17N7. The first kappa shape index (κ1) is 11.9. The minimum atomic E-state index is 0.243. The van der Waals surface area contributed by atoms with E-state index in [1.54, 1.807) is 23.3 Å². The quantitative estimate of drug-likeness (QED) is 0.861. The van der Waals surface area contributed by atoms with Crippen LogP contribution in [-0.2, 0) is 0 Å². The third-order valence-electron chi connectivity index (χ3n) is 3.43. The predicted molar refractivity (Wildman–Crippen MR) is 72.0 cm³/mol. The van der Waals surface area contributed by atoms with Crippen LogP contribution in [0.1, 0.15) is 19.8 Å². The summed E-state index contributed by atoms with van der Waals surface area (Å²) in [5, 5.41) is 0. The maximum Gasteiger partial charge on any atom is 0.241 e. The van der Waals surface area contributed by atoms with Crippen molar-refractivity contribution in [3.63, 3.8) is 0 Å². The standard InChI is InChI=1S/C12H17N7/c1-9-2-5-18(6-3-9)11-15-10(13)16-12(17-11)19-7-4-14-8-19/h4,7-9H,2-3,5-6H2,1H3,(H2,13,15,16,17). The lowest BCUT2D eigenvalue weighted by Crippen LogP contribution is -2.34. The first-order valence-electron chi connectivity index (χ1n) is 6.47. The number of nitrogens with zero attached hydrogens (tertiary/aromatic N) is 6. The van der Waals surface area contributed by atoms with Crippen molar-refractivity contribution in [2.75, 3.05) is 23.7 Å². The molecule has 0 radical (unpaired) electrons. The van der Waals surface area contributed by atoms with Gasteiger partial charge in [0.25, 0.3) is 0 Å². The Kier molecular flexibility index (Phi) is 3.02. The maximum atomic E-state index is 5.78. The predicted octanol–water partition coefficient (Wildman–Crippen LogP) is 0.876.